The Balaban J connectivity index is 1.68. The Bertz CT molecular complexity index is 1570. The molecular weight excluding hydrogens is 502 g/mol. The molecule has 0 saturated heterocycles. The first-order chi connectivity index (χ1) is 18.4. The van der Waals surface area contributed by atoms with Crippen molar-refractivity contribution in [2.24, 2.45) is 5.10 Å². The van der Waals surface area contributed by atoms with Gasteiger partial charge in [-0.15, -0.1) is 0 Å². The highest BCUT2D eigenvalue weighted by Crippen LogP contribution is 2.40. The lowest BCUT2D eigenvalue weighted by atomic mass is 9.89. The van der Waals surface area contributed by atoms with Crippen LogP contribution in [0.2, 0.25) is 5.02 Å². The van der Waals surface area contributed by atoms with Gasteiger partial charge in [0.15, 0.2) is 0 Å². The molecule has 7 nitrogen and oxygen atoms in total. The van der Waals surface area contributed by atoms with E-state index in [1.54, 1.807) is 7.11 Å². The lowest BCUT2D eigenvalue weighted by Crippen LogP contribution is -2.27. The van der Waals surface area contributed by atoms with Gasteiger partial charge < -0.3 is 9.84 Å². The molecule has 0 saturated carbocycles. The number of carbonyl (C=O) groups is 2. The van der Waals surface area contributed by atoms with Crippen LogP contribution in [-0.2, 0) is 9.59 Å². The third-order valence-electron chi connectivity index (χ3n) is 6.69. The number of pyridine rings is 1. The third kappa shape index (κ3) is 4.97. The van der Waals surface area contributed by atoms with E-state index in [1.807, 2.05) is 79.7 Å². The second kappa shape index (κ2) is 10.6. The summed E-state index contributed by atoms with van der Waals surface area (Å²) >= 11 is 6.20. The first-order valence-electron chi connectivity index (χ1n) is 12.3. The average Bonchev–Trinajstić information content (AvgIpc) is 3.36. The van der Waals surface area contributed by atoms with Crippen molar-refractivity contribution in [1.29, 1.82) is 0 Å². The van der Waals surface area contributed by atoms with Crippen LogP contribution < -0.4 is 4.74 Å². The van der Waals surface area contributed by atoms with Crippen LogP contribution in [0.4, 0.5) is 0 Å². The van der Waals surface area contributed by atoms with Crippen molar-refractivity contribution in [3.8, 4) is 16.9 Å². The predicted molar refractivity (Wildman–Crippen MR) is 148 cm³/mol. The van der Waals surface area contributed by atoms with Crippen molar-refractivity contribution in [2.45, 2.75) is 32.2 Å². The molecule has 1 N–H and O–H groups in total. The molecule has 0 radical (unpaired) electrons. The normalized spacial score (nSPS) is 15.0. The minimum atomic E-state index is -1.03. The van der Waals surface area contributed by atoms with Gasteiger partial charge in [-0.25, -0.2) is 5.01 Å². The molecular formula is C30H26ClN3O4. The van der Waals surface area contributed by atoms with Crippen LogP contribution in [0.3, 0.4) is 0 Å². The molecule has 0 fully saturated rings. The first kappa shape index (κ1) is 25.4. The fourth-order valence-electron chi connectivity index (χ4n) is 4.93. The summed E-state index contributed by atoms with van der Waals surface area (Å²) in [5.74, 6) is -0.715. The van der Waals surface area contributed by atoms with E-state index in [1.165, 1.54) is 5.01 Å². The molecule has 192 valence electrons. The van der Waals surface area contributed by atoms with E-state index < -0.39 is 12.0 Å². The van der Waals surface area contributed by atoms with Gasteiger partial charge in [0.25, 0.3) is 0 Å². The summed E-state index contributed by atoms with van der Waals surface area (Å²) in [5, 5.41) is 17.0. The van der Waals surface area contributed by atoms with Crippen LogP contribution in [-0.4, -0.2) is 39.8 Å². The van der Waals surface area contributed by atoms with Crippen LogP contribution in [0, 0.1) is 6.92 Å². The number of benzene rings is 3. The Hall–Kier alpha value is -4.23. The summed E-state index contributed by atoms with van der Waals surface area (Å²) in [6.07, 6.45) is 0.0244. The largest absolute Gasteiger partial charge is 0.497 e. The summed E-state index contributed by atoms with van der Waals surface area (Å²) in [5.41, 5.74) is 5.99. The Morgan fingerprint density at radius 3 is 2.53 bits per heavy atom. The highest BCUT2D eigenvalue weighted by molar-refractivity contribution is 6.30. The minimum Gasteiger partial charge on any atom is -0.497 e. The molecule has 1 aromatic heterocycles. The molecule has 0 aliphatic carbocycles. The number of amides is 1. The summed E-state index contributed by atoms with van der Waals surface area (Å²) in [7, 11) is 1.59. The maximum absolute atomic E-state index is 13.2. The van der Waals surface area contributed by atoms with E-state index >= 15 is 0 Å². The van der Waals surface area contributed by atoms with E-state index in [2.05, 4.69) is 0 Å². The Labute approximate surface area is 225 Å². The number of para-hydroxylation sites is 1. The van der Waals surface area contributed by atoms with Gasteiger partial charge in [-0.05, 0) is 48.4 Å². The topological polar surface area (TPSA) is 92.1 Å². The number of aromatic nitrogens is 1. The quantitative estimate of drug-likeness (QED) is 0.299. The summed E-state index contributed by atoms with van der Waals surface area (Å²) in [6.45, 7) is 1.94. The third-order valence-corrected chi connectivity index (χ3v) is 6.94. The van der Waals surface area contributed by atoms with Crippen molar-refractivity contribution in [1.82, 2.24) is 9.99 Å². The number of carboxylic acid groups (broad SMARTS) is 1. The van der Waals surface area contributed by atoms with Gasteiger partial charge in [0.2, 0.25) is 5.91 Å². The lowest BCUT2D eigenvalue weighted by Gasteiger charge is -2.22. The van der Waals surface area contributed by atoms with Crippen LogP contribution in [0.5, 0.6) is 5.75 Å². The number of carbonyl (C=O) groups excluding carboxylic acids is 1. The summed E-state index contributed by atoms with van der Waals surface area (Å²) < 4.78 is 5.42. The smallest absolute Gasteiger partial charge is 0.303 e. The molecule has 4 aromatic rings. The number of ether oxygens (including phenoxy) is 1. The molecule has 5 rings (SSSR count). The van der Waals surface area contributed by atoms with Gasteiger partial charge in [-0.3, -0.25) is 14.6 Å². The zero-order valence-corrected chi connectivity index (χ0v) is 21.8. The maximum Gasteiger partial charge on any atom is 0.303 e. The Kier molecular flexibility index (Phi) is 7.11. The molecule has 1 amide bonds. The Morgan fingerprint density at radius 2 is 1.79 bits per heavy atom. The highest BCUT2D eigenvalue weighted by Gasteiger charge is 2.35. The molecule has 3 aromatic carbocycles. The number of nitrogens with zero attached hydrogens (tertiary/aromatic N) is 3. The SMILES string of the molecule is COc1cccc([C@@H]2CC(c3c(C)nc4ccccc4c3-c3ccc(Cl)cc3)=NN2C(=O)CCC(=O)O)c1. The fraction of sp³-hybridized carbons (Fsp3) is 0.200. The van der Waals surface area contributed by atoms with Gasteiger partial charge in [0.1, 0.15) is 5.75 Å². The van der Waals surface area contributed by atoms with Crippen molar-refractivity contribution >= 4 is 40.1 Å². The molecule has 2 heterocycles. The van der Waals surface area contributed by atoms with Crippen molar-refractivity contribution in [3.05, 3.63) is 94.6 Å². The second-order valence-corrected chi connectivity index (χ2v) is 9.58. The summed E-state index contributed by atoms with van der Waals surface area (Å²) in [6, 6.07) is 22.7. The van der Waals surface area contributed by atoms with E-state index in [4.69, 9.17) is 31.5 Å². The molecule has 1 atom stereocenters. The second-order valence-electron chi connectivity index (χ2n) is 9.15. The molecule has 0 bridgehead atoms. The van der Waals surface area contributed by atoms with Crippen molar-refractivity contribution in [2.75, 3.05) is 7.11 Å². The first-order valence-corrected chi connectivity index (χ1v) is 12.6. The standard InChI is InChI=1S/C30H26ClN3O4/c1-18-29(30(19-10-12-21(31)13-11-19)23-8-3-4-9-24(23)32-18)25-17-26(20-6-5-7-22(16-20)38-2)34(33-25)27(35)14-15-28(36)37/h3-13,16,26H,14-15,17H2,1-2H3,(H,36,37)/t26-/m0/s1. The predicted octanol–water partition coefficient (Wildman–Crippen LogP) is 6.41. The number of methoxy groups -OCH3 is 1. The van der Waals surface area contributed by atoms with Gasteiger partial charge >= 0.3 is 5.97 Å². The number of aryl methyl sites for hydroxylation is 1. The lowest BCUT2D eigenvalue weighted by molar-refractivity contribution is -0.141. The number of hydrogen-bond donors (Lipinski definition) is 1. The number of aliphatic carboxylic acids is 1. The number of hydrogen-bond acceptors (Lipinski definition) is 5. The zero-order chi connectivity index (χ0) is 26.8. The highest BCUT2D eigenvalue weighted by atomic mass is 35.5. The van der Waals surface area contributed by atoms with Crippen LogP contribution in [0.15, 0.2) is 77.9 Å². The number of hydrazone groups is 1. The van der Waals surface area contributed by atoms with Gasteiger partial charge in [-0.2, -0.15) is 5.10 Å². The maximum atomic E-state index is 13.2. The molecule has 0 spiro atoms. The van der Waals surface area contributed by atoms with Gasteiger partial charge in [0, 0.05) is 40.1 Å². The van der Waals surface area contributed by atoms with E-state index in [9.17, 15) is 9.59 Å². The number of fused-ring (bicyclic) bond motifs is 1. The zero-order valence-electron chi connectivity index (χ0n) is 21.0. The van der Waals surface area contributed by atoms with E-state index in [0.717, 1.165) is 38.9 Å². The molecule has 0 unspecified atom stereocenters. The van der Waals surface area contributed by atoms with Crippen molar-refractivity contribution in [3.63, 3.8) is 0 Å². The average molecular weight is 528 g/mol. The van der Waals surface area contributed by atoms with Gasteiger partial charge in [-0.1, -0.05) is 54.1 Å². The molecule has 8 heteroatoms. The molecule has 1 aliphatic heterocycles. The van der Waals surface area contributed by atoms with Crippen LogP contribution in [0.25, 0.3) is 22.0 Å². The number of rotatable bonds is 7. The van der Waals surface area contributed by atoms with Crippen LogP contribution >= 0.6 is 11.6 Å². The summed E-state index contributed by atoms with van der Waals surface area (Å²) in [4.78, 5) is 29.3. The van der Waals surface area contributed by atoms with E-state index in [0.29, 0.717) is 22.9 Å². The monoisotopic (exact) mass is 527 g/mol. The number of halogens is 1. The van der Waals surface area contributed by atoms with E-state index in [-0.39, 0.29) is 18.7 Å². The van der Waals surface area contributed by atoms with Crippen molar-refractivity contribution < 1.29 is 19.4 Å². The Morgan fingerprint density at radius 1 is 1.03 bits per heavy atom. The van der Waals surface area contributed by atoms with Gasteiger partial charge in [0.05, 0.1) is 30.8 Å². The molecule has 1 aliphatic rings. The minimum absolute atomic E-state index is 0.147. The molecule has 38 heavy (non-hydrogen) atoms. The number of carboxylic acids is 1. The van der Waals surface area contributed by atoms with Crippen LogP contribution in [0.1, 0.15) is 42.1 Å². The fourth-order valence-corrected chi connectivity index (χ4v) is 5.06.